The maximum Gasteiger partial charge on any atom is 0.275 e. The van der Waals surface area contributed by atoms with Gasteiger partial charge in [0.25, 0.3) is 6.40 Å². The fourth-order valence-corrected chi connectivity index (χ4v) is 0.547. The molecule has 0 heterocycles. The van der Waals surface area contributed by atoms with Crippen LogP contribution in [-0.4, -0.2) is 6.40 Å². The Hall–Kier alpha value is -1.31. The molecule has 1 rings (SSSR count). The average Bonchev–Trinajstić information content (AvgIpc) is 1.91. The molecular formula is C7H6NO. The molecule has 2 nitrogen and oxygen atoms in total. The molecule has 0 aliphatic rings. The van der Waals surface area contributed by atoms with Gasteiger partial charge in [0.2, 0.25) is 0 Å². The Morgan fingerprint density at radius 3 is 2.44 bits per heavy atom. The fourth-order valence-electron chi connectivity index (χ4n) is 0.547. The minimum absolute atomic E-state index is 0.646. The number of para-hydroxylation sites is 1. The van der Waals surface area contributed by atoms with Crippen molar-refractivity contribution in [2.45, 2.75) is 0 Å². The van der Waals surface area contributed by atoms with Gasteiger partial charge in [-0.3, -0.25) is 5.41 Å². The second-order valence-electron chi connectivity index (χ2n) is 1.52. The van der Waals surface area contributed by atoms with Gasteiger partial charge in [-0.05, 0) is 12.1 Å². The molecule has 0 saturated carbocycles. The molecule has 0 fully saturated rings. The summed E-state index contributed by atoms with van der Waals surface area (Å²) < 4.78 is 4.62. The first kappa shape index (κ1) is 5.82. The highest BCUT2D eigenvalue weighted by atomic mass is 16.5. The van der Waals surface area contributed by atoms with E-state index in [4.69, 9.17) is 5.41 Å². The van der Waals surface area contributed by atoms with Crippen LogP contribution in [0.5, 0.6) is 5.75 Å². The van der Waals surface area contributed by atoms with Gasteiger partial charge in [0.05, 0.1) is 0 Å². The summed E-state index contributed by atoms with van der Waals surface area (Å²) in [5.41, 5.74) is 0. The first-order valence-electron chi connectivity index (χ1n) is 2.57. The van der Waals surface area contributed by atoms with E-state index in [0.29, 0.717) is 5.75 Å². The zero-order valence-corrected chi connectivity index (χ0v) is 4.79. The Bertz CT molecular complexity index is 183. The predicted octanol–water partition coefficient (Wildman–Crippen LogP) is 1.55. The highest BCUT2D eigenvalue weighted by Gasteiger charge is 1.83. The van der Waals surface area contributed by atoms with Crippen LogP contribution in [0.2, 0.25) is 0 Å². The van der Waals surface area contributed by atoms with Gasteiger partial charge in [-0.2, -0.15) is 0 Å². The van der Waals surface area contributed by atoms with Crippen LogP contribution in [0.1, 0.15) is 0 Å². The zero-order chi connectivity index (χ0) is 6.53. The molecule has 1 N–H and O–H groups in total. The molecule has 0 saturated heterocycles. The largest absolute Gasteiger partial charge is 0.435 e. The van der Waals surface area contributed by atoms with Crippen LogP contribution in [0.25, 0.3) is 0 Å². The molecule has 1 radical (unpaired) electrons. The number of nitrogens with one attached hydrogen (secondary N) is 1. The van der Waals surface area contributed by atoms with E-state index >= 15 is 0 Å². The first-order valence-corrected chi connectivity index (χ1v) is 2.57. The van der Waals surface area contributed by atoms with Crippen LogP contribution in [0.3, 0.4) is 0 Å². The van der Waals surface area contributed by atoms with Gasteiger partial charge in [0, 0.05) is 0 Å². The lowest BCUT2D eigenvalue weighted by atomic mass is 10.3. The van der Waals surface area contributed by atoms with E-state index in [2.05, 4.69) is 4.74 Å². The summed E-state index contributed by atoms with van der Waals surface area (Å²) in [5.74, 6) is 0.646. The normalized spacial score (nSPS) is 8.44. The van der Waals surface area contributed by atoms with Crippen LogP contribution in [0.15, 0.2) is 30.3 Å². The molecule has 1 aromatic carbocycles. The summed E-state index contributed by atoms with van der Waals surface area (Å²) in [5, 5.41) is 6.47. The smallest absolute Gasteiger partial charge is 0.275 e. The first-order chi connectivity index (χ1) is 4.43. The maximum absolute atomic E-state index is 6.47. The van der Waals surface area contributed by atoms with Gasteiger partial charge in [-0.25, -0.2) is 0 Å². The van der Waals surface area contributed by atoms with Crippen LogP contribution in [-0.2, 0) is 0 Å². The van der Waals surface area contributed by atoms with E-state index < -0.39 is 0 Å². The van der Waals surface area contributed by atoms with Crippen molar-refractivity contribution in [3.8, 4) is 5.75 Å². The monoisotopic (exact) mass is 120 g/mol. The number of hydrogen-bond donors (Lipinski definition) is 1. The molecule has 1 aromatic rings. The molecule has 2 heteroatoms. The molecule has 0 amide bonds. The molecule has 0 atom stereocenters. The summed E-state index contributed by atoms with van der Waals surface area (Å²) in [6.07, 6.45) is 1.83. The van der Waals surface area contributed by atoms with Crippen molar-refractivity contribution in [3.63, 3.8) is 0 Å². The molecule has 0 aromatic heterocycles. The van der Waals surface area contributed by atoms with E-state index in [1.807, 2.05) is 24.6 Å². The van der Waals surface area contributed by atoms with Gasteiger partial charge in [-0.15, -0.1) is 0 Å². The molecular weight excluding hydrogens is 114 g/mol. The minimum Gasteiger partial charge on any atom is -0.435 e. The maximum atomic E-state index is 6.47. The topological polar surface area (TPSA) is 33.1 Å². The zero-order valence-electron chi connectivity index (χ0n) is 4.79. The van der Waals surface area contributed by atoms with E-state index in [0.717, 1.165) is 0 Å². The van der Waals surface area contributed by atoms with E-state index in [-0.39, 0.29) is 0 Å². The standard InChI is InChI=1S/C7H6NO/c8-6-9-7-4-2-1-3-5-7/h1-5,8H. The van der Waals surface area contributed by atoms with Gasteiger partial charge < -0.3 is 4.74 Å². The third kappa shape index (κ3) is 1.57. The van der Waals surface area contributed by atoms with Gasteiger partial charge in [0.1, 0.15) is 5.75 Å². The minimum atomic E-state index is 0.646. The lowest BCUT2D eigenvalue weighted by molar-refractivity contribution is 0.570. The Labute approximate surface area is 53.6 Å². The summed E-state index contributed by atoms with van der Waals surface area (Å²) >= 11 is 0. The van der Waals surface area contributed by atoms with Gasteiger partial charge in [0.15, 0.2) is 0 Å². The van der Waals surface area contributed by atoms with Crippen LogP contribution in [0, 0.1) is 5.41 Å². The van der Waals surface area contributed by atoms with Crippen molar-refractivity contribution in [2.75, 3.05) is 0 Å². The van der Waals surface area contributed by atoms with Gasteiger partial charge >= 0.3 is 0 Å². The van der Waals surface area contributed by atoms with Gasteiger partial charge in [-0.1, -0.05) is 18.2 Å². The number of rotatable bonds is 2. The van der Waals surface area contributed by atoms with E-state index in [1.165, 1.54) is 0 Å². The second kappa shape index (κ2) is 2.87. The number of ether oxygens (including phenoxy) is 1. The quantitative estimate of drug-likeness (QED) is 0.466. The second-order valence-corrected chi connectivity index (χ2v) is 1.52. The molecule has 0 aliphatic carbocycles. The highest BCUT2D eigenvalue weighted by Crippen LogP contribution is 2.05. The van der Waals surface area contributed by atoms with Crippen molar-refractivity contribution < 1.29 is 4.74 Å². The van der Waals surface area contributed by atoms with Crippen molar-refractivity contribution in [1.29, 1.82) is 5.41 Å². The number of hydrogen-bond acceptors (Lipinski definition) is 2. The summed E-state index contributed by atoms with van der Waals surface area (Å²) in [6.45, 7) is 0. The molecule has 0 aliphatic heterocycles. The average molecular weight is 120 g/mol. The van der Waals surface area contributed by atoms with Crippen molar-refractivity contribution in [2.24, 2.45) is 0 Å². The molecule has 45 valence electrons. The summed E-state index contributed by atoms with van der Waals surface area (Å²) in [6, 6.07) is 9.10. The highest BCUT2D eigenvalue weighted by molar-refractivity contribution is 5.47. The Morgan fingerprint density at radius 1 is 1.22 bits per heavy atom. The molecule has 0 bridgehead atoms. The lowest BCUT2D eigenvalue weighted by Gasteiger charge is -1.92. The Kier molecular flexibility index (Phi) is 1.85. The predicted molar refractivity (Wildman–Crippen MR) is 34.8 cm³/mol. The van der Waals surface area contributed by atoms with E-state index in [9.17, 15) is 0 Å². The fraction of sp³-hybridized carbons (Fsp3) is 0. The number of benzene rings is 1. The third-order valence-corrected chi connectivity index (χ3v) is 0.912. The molecule has 0 spiro atoms. The summed E-state index contributed by atoms with van der Waals surface area (Å²) in [4.78, 5) is 0. The molecule has 9 heavy (non-hydrogen) atoms. The van der Waals surface area contributed by atoms with E-state index in [1.54, 1.807) is 12.1 Å². The Balaban J connectivity index is 2.72. The lowest BCUT2D eigenvalue weighted by Crippen LogP contribution is -1.85. The van der Waals surface area contributed by atoms with Crippen molar-refractivity contribution in [1.82, 2.24) is 0 Å². The summed E-state index contributed by atoms with van der Waals surface area (Å²) in [7, 11) is 0. The van der Waals surface area contributed by atoms with Crippen molar-refractivity contribution in [3.05, 3.63) is 30.3 Å². The van der Waals surface area contributed by atoms with Crippen molar-refractivity contribution >= 4 is 6.40 Å². The van der Waals surface area contributed by atoms with Crippen LogP contribution >= 0.6 is 0 Å². The Morgan fingerprint density at radius 2 is 1.89 bits per heavy atom. The molecule has 0 unspecified atom stereocenters. The third-order valence-electron chi connectivity index (χ3n) is 0.912. The van der Waals surface area contributed by atoms with Crippen LogP contribution < -0.4 is 4.74 Å². The SMILES string of the molecule is N=[C]Oc1ccccc1. The van der Waals surface area contributed by atoms with Crippen LogP contribution in [0.4, 0.5) is 0 Å².